The number of rotatable bonds is 8. The van der Waals surface area contributed by atoms with Crippen LogP contribution in [0.5, 0.6) is 5.75 Å². The first kappa shape index (κ1) is 16.2. The van der Waals surface area contributed by atoms with Crippen LogP contribution in [0.1, 0.15) is 11.3 Å². The summed E-state index contributed by atoms with van der Waals surface area (Å²) in [6.45, 7) is 1.28. The van der Waals surface area contributed by atoms with Crippen LogP contribution in [0.2, 0.25) is 0 Å². The lowest BCUT2D eigenvalue weighted by Gasteiger charge is -2.06. The maximum absolute atomic E-state index is 10.7. The van der Waals surface area contributed by atoms with Gasteiger partial charge in [0, 0.05) is 18.5 Å². The van der Waals surface area contributed by atoms with Crippen LogP contribution in [-0.4, -0.2) is 17.5 Å². The van der Waals surface area contributed by atoms with Crippen LogP contribution in [-0.2, 0) is 17.9 Å². The van der Waals surface area contributed by atoms with Gasteiger partial charge in [-0.3, -0.25) is 4.79 Å². The zero-order valence-corrected chi connectivity index (χ0v) is 13.7. The number of nitrogens with zero attached hydrogens (tertiary/aromatic N) is 1. The zero-order valence-electron chi connectivity index (χ0n) is 12.9. The highest BCUT2D eigenvalue weighted by atomic mass is 32.1. The predicted molar refractivity (Wildman–Crippen MR) is 91.5 cm³/mol. The van der Waals surface area contributed by atoms with Gasteiger partial charge in [-0.15, -0.1) is 11.3 Å². The van der Waals surface area contributed by atoms with Gasteiger partial charge in [-0.1, -0.05) is 12.1 Å². The molecule has 3 N–H and O–H groups in total. The van der Waals surface area contributed by atoms with E-state index in [1.807, 2.05) is 41.8 Å². The van der Waals surface area contributed by atoms with Gasteiger partial charge in [0.1, 0.15) is 5.75 Å². The fourth-order valence-corrected chi connectivity index (χ4v) is 2.88. The predicted octanol–water partition coefficient (Wildman–Crippen LogP) is 2.56. The highest BCUT2D eigenvalue weighted by Crippen LogP contribution is 2.23. The monoisotopic (exact) mass is 343 g/mol. The maximum atomic E-state index is 10.7. The molecule has 7 heteroatoms. The topological polar surface area (TPSA) is 90.4 Å². The fraction of sp³-hybridized carbons (Fsp3) is 0.176. The van der Waals surface area contributed by atoms with E-state index in [-0.39, 0.29) is 6.61 Å². The maximum Gasteiger partial charge on any atom is 0.255 e. The number of nitrogens with two attached hydrogens (primary N) is 1. The number of carbonyl (C=O) groups is 1. The van der Waals surface area contributed by atoms with Crippen molar-refractivity contribution in [1.82, 2.24) is 10.3 Å². The first-order chi connectivity index (χ1) is 11.7. The van der Waals surface area contributed by atoms with Gasteiger partial charge in [0.05, 0.1) is 12.0 Å². The SMILES string of the molecule is NC(=O)COc1ccc(CNCc2csc(-c3ccco3)n2)cc1. The van der Waals surface area contributed by atoms with E-state index in [0.717, 1.165) is 22.0 Å². The summed E-state index contributed by atoms with van der Waals surface area (Å²) in [5.74, 6) is 0.927. The quantitative estimate of drug-likeness (QED) is 0.656. The van der Waals surface area contributed by atoms with Crippen LogP contribution in [0.4, 0.5) is 0 Å². The molecule has 0 saturated heterocycles. The molecule has 0 aliphatic carbocycles. The number of primary amides is 1. The smallest absolute Gasteiger partial charge is 0.255 e. The number of thiazole rings is 1. The van der Waals surface area contributed by atoms with Crippen molar-refractivity contribution >= 4 is 17.2 Å². The lowest BCUT2D eigenvalue weighted by Crippen LogP contribution is -2.20. The Morgan fingerprint density at radius 1 is 1.25 bits per heavy atom. The number of hydrogen-bond donors (Lipinski definition) is 2. The molecule has 0 spiro atoms. The molecule has 6 nitrogen and oxygen atoms in total. The van der Waals surface area contributed by atoms with Gasteiger partial charge < -0.3 is 20.2 Å². The molecular weight excluding hydrogens is 326 g/mol. The Labute approximate surface area is 143 Å². The Balaban J connectivity index is 1.47. The lowest BCUT2D eigenvalue weighted by molar-refractivity contribution is -0.119. The Hall–Kier alpha value is -2.64. The van der Waals surface area contributed by atoms with E-state index in [1.54, 1.807) is 17.6 Å². The number of nitrogens with one attached hydrogen (secondary N) is 1. The molecule has 0 saturated carbocycles. The molecule has 2 aromatic heterocycles. The van der Waals surface area contributed by atoms with Gasteiger partial charge in [-0.25, -0.2) is 4.98 Å². The average molecular weight is 343 g/mol. The summed E-state index contributed by atoms with van der Waals surface area (Å²) < 4.78 is 10.6. The first-order valence-corrected chi connectivity index (χ1v) is 8.28. The third-order valence-electron chi connectivity index (χ3n) is 3.22. The fourth-order valence-electron chi connectivity index (χ4n) is 2.09. The molecule has 24 heavy (non-hydrogen) atoms. The van der Waals surface area contributed by atoms with Crippen molar-refractivity contribution in [3.8, 4) is 16.5 Å². The van der Waals surface area contributed by atoms with Gasteiger partial charge >= 0.3 is 0 Å². The molecule has 0 bridgehead atoms. The second-order valence-corrected chi connectivity index (χ2v) is 5.98. The number of amides is 1. The summed E-state index contributed by atoms with van der Waals surface area (Å²) in [5, 5.41) is 6.25. The lowest BCUT2D eigenvalue weighted by atomic mass is 10.2. The summed E-state index contributed by atoms with van der Waals surface area (Å²) in [5.41, 5.74) is 7.13. The number of carbonyl (C=O) groups excluding carboxylic acids is 1. The van der Waals surface area contributed by atoms with E-state index < -0.39 is 5.91 Å². The van der Waals surface area contributed by atoms with E-state index in [1.165, 1.54) is 0 Å². The van der Waals surface area contributed by atoms with Crippen LogP contribution >= 0.6 is 11.3 Å². The van der Waals surface area contributed by atoms with Gasteiger partial charge in [-0.2, -0.15) is 0 Å². The highest BCUT2D eigenvalue weighted by molar-refractivity contribution is 7.13. The van der Waals surface area contributed by atoms with Crippen LogP contribution < -0.4 is 15.8 Å². The molecule has 3 aromatic rings. The number of aromatic nitrogens is 1. The third-order valence-corrected chi connectivity index (χ3v) is 4.13. The molecule has 0 radical (unpaired) electrons. The number of benzene rings is 1. The molecule has 0 atom stereocenters. The van der Waals surface area contributed by atoms with E-state index >= 15 is 0 Å². The van der Waals surface area contributed by atoms with Crippen molar-refractivity contribution in [3.63, 3.8) is 0 Å². The van der Waals surface area contributed by atoms with Gasteiger partial charge in [0.25, 0.3) is 5.91 Å². The molecule has 2 heterocycles. The van der Waals surface area contributed by atoms with Crippen molar-refractivity contribution < 1.29 is 13.9 Å². The standard InChI is InChI=1S/C17H17N3O3S/c18-16(21)10-23-14-5-3-12(4-6-14)8-19-9-13-11-24-17(20-13)15-2-1-7-22-15/h1-7,11,19H,8-10H2,(H2,18,21). The first-order valence-electron chi connectivity index (χ1n) is 7.40. The summed E-state index contributed by atoms with van der Waals surface area (Å²) in [7, 11) is 0. The number of hydrogen-bond acceptors (Lipinski definition) is 6. The molecule has 1 amide bonds. The molecule has 0 aliphatic heterocycles. The van der Waals surface area contributed by atoms with Crippen molar-refractivity contribution in [2.45, 2.75) is 13.1 Å². The minimum absolute atomic E-state index is 0.112. The van der Waals surface area contributed by atoms with Crippen molar-refractivity contribution in [1.29, 1.82) is 0 Å². The summed E-state index contributed by atoms with van der Waals surface area (Å²) in [6.07, 6.45) is 1.64. The second-order valence-electron chi connectivity index (χ2n) is 5.12. The summed E-state index contributed by atoms with van der Waals surface area (Å²) in [4.78, 5) is 15.2. The minimum Gasteiger partial charge on any atom is -0.484 e. The van der Waals surface area contributed by atoms with Crippen LogP contribution in [0.25, 0.3) is 10.8 Å². The van der Waals surface area contributed by atoms with E-state index in [0.29, 0.717) is 18.8 Å². The Morgan fingerprint density at radius 2 is 2.08 bits per heavy atom. The van der Waals surface area contributed by atoms with Crippen LogP contribution in [0.15, 0.2) is 52.5 Å². The number of ether oxygens (including phenoxy) is 1. The molecule has 0 fully saturated rings. The van der Waals surface area contributed by atoms with Gasteiger partial charge in [-0.05, 0) is 29.8 Å². The molecule has 124 valence electrons. The molecule has 0 unspecified atom stereocenters. The van der Waals surface area contributed by atoms with E-state index in [9.17, 15) is 4.79 Å². The molecular formula is C17H17N3O3S. The average Bonchev–Trinajstić information content (AvgIpc) is 3.25. The van der Waals surface area contributed by atoms with Gasteiger partial charge in [0.15, 0.2) is 17.4 Å². The molecule has 1 aromatic carbocycles. The normalized spacial score (nSPS) is 10.7. The summed E-state index contributed by atoms with van der Waals surface area (Å²) in [6, 6.07) is 11.3. The zero-order chi connectivity index (χ0) is 16.8. The van der Waals surface area contributed by atoms with Crippen molar-refractivity contribution in [2.24, 2.45) is 5.73 Å². The Morgan fingerprint density at radius 3 is 2.79 bits per heavy atom. The third kappa shape index (κ3) is 4.43. The summed E-state index contributed by atoms with van der Waals surface area (Å²) >= 11 is 1.56. The van der Waals surface area contributed by atoms with Crippen molar-refractivity contribution in [3.05, 3.63) is 59.3 Å². The molecule has 3 rings (SSSR count). The largest absolute Gasteiger partial charge is 0.484 e. The van der Waals surface area contributed by atoms with Crippen molar-refractivity contribution in [2.75, 3.05) is 6.61 Å². The van der Waals surface area contributed by atoms with Crippen LogP contribution in [0, 0.1) is 0 Å². The Kier molecular flexibility index (Phi) is 5.25. The second kappa shape index (κ2) is 7.76. The van der Waals surface area contributed by atoms with Crippen LogP contribution in [0.3, 0.4) is 0 Å². The van der Waals surface area contributed by atoms with E-state index in [2.05, 4.69) is 10.3 Å². The Bertz CT molecular complexity index is 782. The molecule has 0 aliphatic rings. The number of furan rings is 1. The highest BCUT2D eigenvalue weighted by Gasteiger charge is 2.06. The minimum atomic E-state index is -0.488. The van der Waals surface area contributed by atoms with E-state index in [4.69, 9.17) is 14.9 Å². The van der Waals surface area contributed by atoms with Gasteiger partial charge in [0.2, 0.25) is 0 Å².